The van der Waals surface area contributed by atoms with E-state index in [1.54, 1.807) is 12.1 Å². The third kappa shape index (κ3) is 4.92. The van der Waals surface area contributed by atoms with Gasteiger partial charge in [0.15, 0.2) is 0 Å². The Kier molecular flexibility index (Phi) is 5.73. The van der Waals surface area contributed by atoms with E-state index >= 15 is 0 Å². The van der Waals surface area contributed by atoms with Crippen molar-refractivity contribution in [3.63, 3.8) is 0 Å². The Morgan fingerprint density at radius 3 is 2.17 bits per heavy atom. The summed E-state index contributed by atoms with van der Waals surface area (Å²) in [6, 6.07) is 25.4. The molecular formula is C25H24N2O2. The number of nitrogens with zero attached hydrogens (tertiary/aromatic N) is 1. The van der Waals surface area contributed by atoms with Crippen LogP contribution in [-0.4, -0.2) is 35.5 Å². The van der Waals surface area contributed by atoms with Gasteiger partial charge in [0.05, 0.1) is 6.54 Å². The van der Waals surface area contributed by atoms with Crippen LogP contribution in [0.3, 0.4) is 0 Å². The van der Waals surface area contributed by atoms with E-state index < -0.39 is 0 Å². The monoisotopic (exact) mass is 384 g/mol. The van der Waals surface area contributed by atoms with E-state index in [0.717, 1.165) is 41.9 Å². The van der Waals surface area contributed by atoms with Crippen LogP contribution in [0.15, 0.2) is 84.9 Å². The quantitative estimate of drug-likeness (QED) is 0.665. The van der Waals surface area contributed by atoms with Gasteiger partial charge < -0.3 is 10.4 Å². The molecule has 0 spiro atoms. The lowest BCUT2D eigenvalue weighted by Gasteiger charge is -2.26. The molecule has 4 heteroatoms. The van der Waals surface area contributed by atoms with Crippen molar-refractivity contribution >= 4 is 17.2 Å². The van der Waals surface area contributed by atoms with Crippen LogP contribution in [0.1, 0.15) is 12.0 Å². The van der Waals surface area contributed by atoms with Crippen molar-refractivity contribution in [1.82, 2.24) is 4.90 Å². The number of amides is 1. The van der Waals surface area contributed by atoms with Crippen LogP contribution >= 0.6 is 0 Å². The number of phenols is 1. The van der Waals surface area contributed by atoms with E-state index in [0.29, 0.717) is 6.54 Å². The van der Waals surface area contributed by atoms with Gasteiger partial charge in [0.2, 0.25) is 5.91 Å². The Hall–Kier alpha value is -3.37. The maximum atomic E-state index is 12.4. The van der Waals surface area contributed by atoms with Gasteiger partial charge in [-0.05, 0) is 52.9 Å². The summed E-state index contributed by atoms with van der Waals surface area (Å²) in [4.78, 5) is 14.6. The van der Waals surface area contributed by atoms with Crippen LogP contribution in [0.4, 0.5) is 5.69 Å². The topological polar surface area (TPSA) is 52.6 Å². The summed E-state index contributed by atoms with van der Waals surface area (Å²) in [5.41, 5.74) is 5.50. The fourth-order valence-corrected chi connectivity index (χ4v) is 3.57. The van der Waals surface area contributed by atoms with Gasteiger partial charge in [-0.2, -0.15) is 0 Å². The Bertz CT molecular complexity index is 993. The number of phenolic OH excluding ortho intramolecular Hbond substituents is 1. The van der Waals surface area contributed by atoms with E-state index in [1.165, 1.54) is 5.57 Å². The van der Waals surface area contributed by atoms with Gasteiger partial charge in [-0.3, -0.25) is 9.69 Å². The standard InChI is InChI=1S/C25H24N2O2/c28-24-12-8-21(9-13-24)22-14-16-27(17-15-22)18-25(29)26-23-10-6-20(7-11-23)19-4-2-1-3-5-19/h1-14,28H,15-18H2,(H,26,29). The van der Waals surface area contributed by atoms with E-state index in [4.69, 9.17) is 0 Å². The van der Waals surface area contributed by atoms with Gasteiger partial charge in [-0.1, -0.05) is 60.7 Å². The second kappa shape index (κ2) is 8.76. The van der Waals surface area contributed by atoms with Crippen LogP contribution in [0.25, 0.3) is 16.7 Å². The first-order valence-electron chi connectivity index (χ1n) is 9.83. The minimum Gasteiger partial charge on any atom is -0.508 e. The first-order valence-corrected chi connectivity index (χ1v) is 9.83. The van der Waals surface area contributed by atoms with Gasteiger partial charge in [0, 0.05) is 18.8 Å². The average Bonchev–Trinajstić information content (AvgIpc) is 2.76. The minimum absolute atomic E-state index is 0.000977. The number of carbonyl (C=O) groups is 1. The molecule has 146 valence electrons. The van der Waals surface area contributed by atoms with E-state index in [9.17, 15) is 9.90 Å². The first-order chi connectivity index (χ1) is 14.2. The van der Waals surface area contributed by atoms with Crippen molar-refractivity contribution < 1.29 is 9.90 Å². The third-order valence-electron chi connectivity index (χ3n) is 5.17. The second-order valence-corrected chi connectivity index (χ2v) is 7.25. The summed E-state index contributed by atoms with van der Waals surface area (Å²) >= 11 is 0. The largest absolute Gasteiger partial charge is 0.508 e. The van der Waals surface area contributed by atoms with Crippen molar-refractivity contribution in [2.45, 2.75) is 6.42 Å². The summed E-state index contributed by atoms with van der Waals surface area (Å²) in [5.74, 6) is 0.277. The van der Waals surface area contributed by atoms with Gasteiger partial charge in [0.1, 0.15) is 5.75 Å². The highest BCUT2D eigenvalue weighted by Crippen LogP contribution is 2.24. The summed E-state index contributed by atoms with van der Waals surface area (Å²) in [5, 5.41) is 12.4. The second-order valence-electron chi connectivity index (χ2n) is 7.25. The maximum Gasteiger partial charge on any atom is 0.238 e. The van der Waals surface area contributed by atoms with Crippen LogP contribution in [0.2, 0.25) is 0 Å². The molecule has 29 heavy (non-hydrogen) atoms. The molecule has 1 aliphatic rings. The Morgan fingerprint density at radius 1 is 0.862 bits per heavy atom. The molecule has 4 nitrogen and oxygen atoms in total. The zero-order valence-electron chi connectivity index (χ0n) is 16.2. The lowest BCUT2D eigenvalue weighted by molar-refractivity contribution is -0.117. The number of carbonyl (C=O) groups excluding carboxylic acids is 1. The summed E-state index contributed by atoms with van der Waals surface area (Å²) in [6.45, 7) is 1.96. The van der Waals surface area contributed by atoms with Crippen molar-refractivity contribution in [2.24, 2.45) is 0 Å². The molecule has 2 N–H and O–H groups in total. The number of benzene rings is 3. The van der Waals surface area contributed by atoms with E-state index in [1.807, 2.05) is 54.6 Å². The number of rotatable bonds is 5. The minimum atomic E-state index is -0.000977. The fraction of sp³-hybridized carbons (Fsp3) is 0.160. The van der Waals surface area contributed by atoms with Crippen molar-refractivity contribution in [3.8, 4) is 16.9 Å². The summed E-state index contributed by atoms with van der Waals surface area (Å²) < 4.78 is 0. The van der Waals surface area contributed by atoms with Crippen LogP contribution in [-0.2, 0) is 4.79 Å². The highest BCUT2D eigenvalue weighted by atomic mass is 16.3. The van der Waals surface area contributed by atoms with Crippen LogP contribution < -0.4 is 5.32 Å². The smallest absolute Gasteiger partial charge is 0.238 e. The number of anilines is 1. The van der Waals surface area contributed by atoms with Gasteiger partial charge in [-0.25, -0.2) is 0 Å². The molecule has 0 unspecified atom stereocenters. The van der Waals surface area contributed by atoms with Crippen molar-refractivity contribution in [1.29, 1.82) is 0 Å². The van der Waals surface area contributed by atoms with Crippen LogP contribution in [0, 0.1) is 0 Å². The molecule has 0 radical (unpaired) electrons. The summed E-state index contributed by atoms with van der Waals surface area (Å²) in [6.07, 6.45) is 3.06. The number of nitrogens with one attached hydrogen (secondary N) is 1. The number of aromatic hydroxyl groups is 1. The normalized spacial score (nSPS) is 14.3. The Morgan fingerprint density at radius 2 is 1.52 bits per heavy atom. The molecular weight excluding hydrogens is 360 g/mol. The predicted molar refractivity (Wildman–Crippen MR) is 118 cm³/mol. The van der Waals surface area contributed by atoms with Gasteiger partial charge in [-0.15, -0.1) is 0 Å². The van der Waals surface area contributed by atoms with E-state index in [-0.39, 0.29) is 11.7 Å². The zero-order valence-corrected chi connectivity index (χ0v) is 16.2. The molecule has 4 rings (SSSR count). The molecule has 0 fully saturated rings. The molecule has 0 bridgehead atoms. The molecule has 0 saturated carbocycles. The highest BCUT2D eigenvalue weighted by molar-refractivity contribution is 5.92. The molecule has 0 aromatic heterocycles. The SMILES string of the molecule is O=C(CN1CC=C(c2ccc(O)cc2)CC1)Nc1ccc(-c2ccccc2)cc1. The van der Waals surface area contributed by atoms with Gasteiger partial charge in [0.25, 0.3) is 0 Å². The molecule has 0 aliphatic carbocycles. The molecule has 0 saturated heterocycles. The molecule has 1 amide bonds. The molecule has 1 heterocycles. The first kappa shape index (κ1) is 19.0. The van der Waals surface area contributed by atoms with Crippen LogP contribution in [0.5, 0.6) is 5.75 Å². The number of hydrogen-bond acceptors (Lipinski definition) is 3. The fourth-order valence-electron chi connectivity index (χ4n) is 3.57. The Labute approximate surface area is 171 Å². The van der Waals surface area contributed by atoms with Crippen molar-refractivity contribution in [2.75, 3.05) is 25.0 Å². The highest BCUT2D eigenvalue weighted by Gasteiger charge is 2.16. The molecule has 1 aliphatic heterocycles. The molecule has 3 aromatic carbocycles. The van der Waals surface area contributed by atoms with Gasteiger partial charge >= 0.3 is 0 Å². The van der Waals surface area contributed by atoms with E-state index in [2.05, 4.69) is 28.4 Å². The number of hydrogen-bond donors (Lipinski definition) is 2. The zero-order chi connectivity index (χ0) is 20.1. The lowest BCUT2D eigenvalue weighted by atomic mass is 9.99. The summed E-state index contributed by atoms with van der Waals surface area (Å²) in [7, 11) is 0. The average molecular weight is 384 g/mol. The Balaban J connectivity index is 1.30. The lowest BCUT2D eigenvalue weighted by Crippen LogP contribution is -2.36. The molecule has 0 atom stereocenters. The third-order valence-corrected chi connectivity index (χ3v) is 5.17. The maximum absolute atomic E-state index is 12.4. The van der Waals surface area contributed by atoms with Crippen molar-refractivity contribution in [3.05, 3.63) is 90.5 Å². The molecule has 3 aromatic rings. The predicted octanol–water partition coefficient (Wildman–Crippen LogP) is 4.79.